The predicted octanol–water partition coefficient (Wildman–Crippen LogP) is 5.39. The molecule has 2 aromatic rings. The third-order valence-corrected chi connectivity index (χ3v) is 4.66. The normalized spacial score (nSPS) is 10.7. The van der Waals surface area contributed by atoms with E-state index in [0.717, 1.165) is 12.1 Å². The third kappa shape index (κ3) is 5.76. The lowest BCUT2D eigenvalue weighted by Crippen LogP contribution is -2.30. The summed E-state index contributed by atoms with van der Waals surface area (Å²) in [7, 11) is 1.92. The Kier molecular flexibility index (Phi) is 6.99. The van der Waals surface area contributed by atoms with Crippen molar-refractivity contribution in [3.8, 4) is 0 Å². The summed E-state index contributed by atoms with van der Waals surface area (Å²) in [6.45, 7) is 2.83. The van der Waals surface area contributed by atoms with Crippen molar-refractivity contribution in [3.63, 3.8) is 0 Å². The molecule has 128 valence electrons. The minimum Gasteiger partial charge on any atom is -0.348 e. The number of rotatable bonds is 6. The Morgan fingerprint density at radius 2 is 1.67 bits per heavy atom. The number of halogens is 2. The molecule has 0 fully saturated rings. The molecule has 0 saturated carbocycles. The summed E-state index contributed by atoms with van der Waals surface area (Å²) in [5, 5.41) is 3.71. The van der Waals surface area contributed by atoms with Crippen molar-refractivity contribution in [1.29, 1.82) is 0 Å². The standard InChI is InChI=1S/C18H20F2N2S2/c1-3-13-4-6-14(7-5-13)12-22(2)18(23)21-15-8-10-16(11-9-15)24-17(19)20/h4-11,17H,3,12H2,1-2H3,(H,21,23). The Bertz CT molecular complexity index is 658. The van der Waals surface area contributed by atoms with Gasteiger partial charge < -0.3 is 10.2 Å². The first-order valence-corrected chi connectivity index (χ1v) is 8.91. The van der Waals surface area contributed by atoms with Crippen LogP contribution in [-0.2, 0) is 13.0 Å². The number of hydrogen-bond donors (Lipinski definition) is 1. The maximum Gasteiger partial charge on any atom is 0.288 e. The molecular weight excluding hydrogens is 346 g/mol. The number of nitrogens with zero attached hydrogens (tertiary/aromatic N) is 1. The van der Waals surface area contributed by atoms with E-state index in [1.807, 2.05) is 11.9 Å². The Morgan fingerprint density at radius 1 is 1.08 bits per heavy atom. The lowest BCUT2D eigenvalue weighted by molar-refractivity contribution is 0.252. The largest absolute Gasteiger partial charge is 0.348 e. The highest BCUT2D eigenvalue weighted by Gasteiger charge is 2.08. The van der Waals surface area contributed by atoms with Crippen LogP contribution in [0.5, 0.6) is 0 Å². The zero-order chi connectivity index (χ0) is 17.5. The van der Waals surface area contributed by atoms with Gasteiger partial charge in [0.05, 0.1) is 0 Å². The summed E-state index contributed by atoms with van der Waals surface area (Å²) in [6, 6.07) is 15.3. The Labute approximate surface area is 151 Å². The fourth-order valence-corrected chi connectivity index (χ4v) is 2.85. The zero-order valence-electron chi connectivity index (χ0n) is 13.6. The molecule has 2 rings (SSSR count). The molecule has 0 aliphatic carbocycles. The fourth-order valence-electron chi connectivity index (χ4n) is 2.16. The second-order valence-electron chi connectivity index (χ2n) is 5.36. The van der Waals surface area contributed by atoms with Crippen LogP contribution in [0.4, 0.5) is 14.5 Å². The van der Waals surface area contributed by atoms with Crippen LogP contribution >= 0.6 is 24.0 Å². The maximum absolute atomic E-state index is 12.3. The molecule has 0 aromatic heterocycles. The Hall–Kier alpha value is -1.66. The quantitative estimate of drug-likeness (QED) is 0.544. The molecule has 0 atom stereocenters. The number of thioether (sulfide) groups is 1. The van der Waals surface area contributed by atoms with Gasteiger partial charge in [-0.2, -0.15) is 8.78 Å². The average Bonchev–Trinajstić information content (AvgIpc) is 2.56. The molecule has 2 nitrogen and oxygen atoms in total. The Balaban J connectivity index is 1.90. The molecule has 0 aliphatic rings. The van der Waals surface area contributed by atoms with Crippen molar-refractivity contribution in [2.24, 2.45) is 0 Å². The molecule has 24 heavy (non-hydrogen) atoms. The molecule has 1 N–H and O–H groups in total. The summed E-state index contributed by atoms with van der Waals surface area (Å²) < 4.78 is 24.6. The number of anilines is 1. The molecule has 0 saturated heterocycles. The van der Waals surface area contributed by atoms with Crippen molar-refractivity contribution < 1.29 is 8.78 Å². The van der Waals surface area contributed by atoms with E-state index in [4.69, 9.17) is 12.2 Å². The number of nitrogens with one attached hydrogen (secondary N) is 1. The molecule has 0 unspecified atom stereocenters. The van der Waals surface area contributed by atoms with E-state index in [2.05, 4.69) is 36.5 Å². The number of aryl methyl sites for hydroxylation is 1. The number of hydrogen-bond acceptors (Lipinski definition) is 2. The summed E-state index contributed by atoms with van der Waals surface area (Å²) in [6.07, 6.45) is 1.02. The SMILES string of the molecule is CCc1ccc(CN(C)C(=S)Nc2ccc(SC(F)F)cc2)cc1. The molecule has 0 spiro atoms. The van der Waals surface area contributed by atoms with Gasteiger partial charge in [-0.05, 0) is 54.0 Å². The van der Waals surface area contributed by atoms with Gasteiger partial charge in [-0.1, -0.05) is 43.0 Å². The highest BCUT2D eigenvalue weighted by Crippen LogP contribution is 2.26. The van der Waals surface area contributed by atoms with E-state index >= 15 is 0 Å². The molecule has 6 heteroatoms. The van der Waals surface area contributed by atoms with Gasteiger partial charge in [-0.15, -0.1) is 0 Å². The summed E-state index contributed by atoms with van der Waals surface area (Å²) in [5.41, 5.74) is 3.28. The molecule has 0 aliphatic heterocycles. The van der Waals surface area contributed by atoms with Crippen molar-refractivity contribution >= 4 is 34.8 Å². The van der Waals surface area contributed by atoms with E-state index < -0.39 is 5.76 Å². The van der Waals surface area contributed by atoms with Gasteiger partial charge in [0.25, 0.3) is 5.76 Å². The van der Waals surface area contributed by atoms with Gasteiger partial charge in [-0.3, -0.25) is 0 Å². The van der Waals surface area contributed by atoms with Crippen LogP contribution in [0.25, 0.3) is 0 Å². The van der Waals surface area contributed by atoms with Gasteiger partial charge in [-0.25, -0.2) is 0 Å². The molecule has 0 amide bonds. The van der Waals surface area contributed by atoms with Gasteiger partial charge in [0, 0.05) is 24.2 Å². The summed E-state index contributed by atoms with van der Waals surface area (Å²) in [4.78, 5) is 2.48. The second-order valence-corrected chi connectivity index (χ2v) is 6.81. The Morgan fingerprint density at radius 3 is 2.21 bits per heavy atom. The average molecular weight is 367 g/mol. The molecule has 0 bridgehead atoms. The van der Waals surface area contributed by atoms with Gasteiger partial charge in [0.15, 0.2) is 5.11 Å². The molecule has 2 aromatic carbocycles. The van der Waals surface area contributed by atoms with Crippen molar-refractivity contribution in [3.05, 3.63) is 59.7 Å². The lowest BCUT2D eigenvalue weighted by atomic mass is 10.1. The van der Waals surface area contributed by atoms with E-state index in [-0.39, 0.29) is 0 Å². The lowest BCUT2D eigenvalue weighted by Gasteiger charge is -2.21. The van der Waals surface area contributed by atoms with Crippen molar-refractivity contribution in [2.75, 3.05) is 12.4 Å². The fraction of sp³-hybridized carbons (Fsp3) is 0.278. The minimum atomic E-state index is -2.41. The van der Waals surface area contributed by atoms with Crippen LogP contribution in [0.2, 0.25) is 0 Å². The highest BCUT2D eigenvalue weighted by molar-refractivity contribution is 7.99. The van der Waals surface area contributed by atoms with Crippen LogP contribution in [0.1, 0.15) is 18.1 Å². The number of alkyl halides is 2. The summed E-state index contributed by atoms with van der Waals surface area (Å²) in [5.74, 6) is -2.41. The van der Waals surface area contributed by atoms with Crippen LogP contribution < -0.4 is 5.32 Å². The van der Waals surface area contributed by atoms with Crippen LogP contribution in [0.15, 0.2) is 53.4 Å². The smallest absolute Gasteiger partial charge is 0.288 e. The van der Waals surface area contributed by atoms with E-state index in [1.165, 1.54) is 11.1 Å². The molecular formula is C18H20F2N2S2. The number of benzene rings is 2. The number of thiocarbonyl (C=S) groups is 1. The highest BCUT2D eigenvalue weighted by atomic mass is 32.2. The zero-order valence-corrected chi connectivity index (χ0v) is 15.3. The van der Waals surface area contributed by atoms with E-state index in [1.54, 1.807) is 24.3 Å². The van der Waals surface area contributed by atoms with Crippen LogP contribution in [-0.4, -0.2) is 22.8 Å². The van der Waals surface area contributed by atoms with Crippen molar-refractivity contribution in [1.82, 2.24) is 4.90 Å². The van der Waals surface area contributed by atoms with E-state index in [9.17, 15) is 8.78 Å². The first-order valence-electron chi connectivity index (χ1n) is 7.62. The topological polar surface area (TPSA) is 15.3 Å². The third-order valence-electron chi connectivity index (χ3n) is 3.53. The second kappa shape index (κ2) is 8.99. The first-order chi connectivity index (χ1) is 11.5. The maximum atomic E-state index is 12.3. The van der Waals surface area contributed by atoms with Crippen LogP contribution in [0, 0.1) is 0 Å². The minimum absolute atomic E-state index is 0.533. The van der Waals surface area contributed by atoms with Gasteiger partial charge in [0.2, 0.25) is 0 Å². The predicted molar refractivity (Wildman–Crippen MR) is 102 cm³/mol. The van der Waals surface area contributed by atoms with Crippen LogP contribution in [0.3, 0.4) is 0 Å². The van der Waals surface area contributed by atoms with E-state index in [0.29, 0.717) is 28.3 Å². The summed E-state index contributed by atoms with van der Waals surface area (Å²) >= 11 is 5.93. The van der Waals surface area contributed by atoms with Crippen molar-refractivity contribution in [2.45, 2.75) is 30.5 Å². The monoisotopic (exact) mass is 366 g/mol. The first kappa shape index (κ1) is 18.7. The van der Waals surface area contributed by atoms with Gasteiger partial charge in [0.1, 0.15) is 0 Å². The van der Waals surface area contributed by atoms with Gasteiger partial charge >= 0.3 is 0 Å². The molecule has 0 heterocycles. The molecule has 0 radical (unpaired) electrons.